The van der Waals surface area contributed by atoms with E-state index in [1.165, 1.54) is 0 Å². The highest BCUT2D eigenvalue weighted by molar-refractivity contribution is 7.91. The van der Waals surface area contributed by atoms with E-state index in [9.17, 15) is 8.42 Å². The fourth-order valence-corrected chi connectivity index (χ4v) is 4.21. The van der Waals surface area contributed by atoms with Crippen molar-refractivity contribution in [2.75, 3.05) is 13.2 Å². The maximum absolute atomic E-state index is 12.8. The monoisotopic (exact) mass is 318 g/mol. The summed E-state index contributed by atoms with van der Waals surface area (Å²) in [5.74, 6) is 0.678. The molecule has 22 heavy (non-hydrogen) atoms. The van der Waals surface area contributed by atoms with Gasteiger partial charge in [0.2, 0.25) is 9.84 Å². The number of rotatable bonds is 5. The van der Waals surface area contributed by atoms with E-state index < -0.39 is 9.84 Å². The summed E-state index contributed by atoms with van der Waals surface area (Å²) in [6.07, 6.45) is 0.174. The van der Waals surface area contributed by atoms with Crippen molar-refractivity contribution in [2.45, 2.75) is 29.7 Å². The van der Waals surface area contributed by atoms with E-state index >= 15 is 0 Å². The number of aryl methyl sites for hydroxylation is 2. The van der Waals surface area contributed by atoms with Crippen LogP contribution in [0.4, 0.5) is 0 Å². The Morgan fingerprint density at radius 2 is 1.73 bits per heavy atom. The van der Waals surface area contributed by atoms with Crippen molar-refractivity contribution in [3.05, 3.63) is 53.6 Å². The highest BCUT2D eigenvalue weighted by atomic mass is 32.2. The molecule has 2 aromatic carbocycles. The molecule has 0 spiro atoms. The van der Waals surface area contributed by atoms with Crippen LogP contribution in [0.25, 0.3) is 0 Å². The van der Waals surface area contributed by atoms with Crippen molar-refractivity contribution < 1.29 is 17.9 Å². The van der Waals surface area contributed by atoms with Gasteiger partial charge >= 0.3 is 0 Å². The summed E-state index contributed by atoms with van der Waals surface area (Å²) in [4.78, 5) is 0.662. The first kappa shape index (κ1) is 15.1. The number of epoxide rings is 1. The first-order valence-corrected chi connectivity index (χ1v) is 8.62. The van der Waals surface area contributed by atoms with Crippen LogP contribution in [0.3, 0.4) is 0 Å². The Kier molecular flexibility index (Phi) is 3.93. The highest BCUT2D eigenvalue weighted by Crippen LogP contribution is 2.30. The molecule has 0 bridgehead atoms. The van der Waals surface area contributed by atoms with E-state index in [2.05, 4.69) is 0 Å². The first-order chi connectivity index (χ1) is 10.5. The standard InChI is InChI=1S/C17H18O4S/c1-12-8-14(20-10-15-11-21-15)9-13(2)17(12)22(18,19)16-6-4-3-5-7-16/h3-9,15H,10-11H2,1-2H3. The van der Waals surface area contributed by atoms with Gasteiger partial charge < -0.3 is 9.47 Å². The molecular weight excluding hydrogens is 300 g/mol. The molecule has 3 rings (SSSR count). The van der Waals surface area contributed by atoms with E-state index in [4.69, 9.17) is 9.47 Å². The third kappa shape index (κ3) is 3.00. The van der Waals surface area contributed by atoms with Gasteiger partial charge in [0.15, 0.2) is 0 Å². The zero-order valence-electron chi connectivity index (χ0n) is 12.6. The SMILES string of the molecule is Cc1cc(OCC2CO2)cc(C)c1S(=O)(=O)c1ccccc1. The molecule has 0 aromatic heterocycles. The number of hydrogen-bond donors (Lipinski definition) is 0. The Bertz CT molecular complexity index is 755. The van der Waals surface area contributed by atoms with E-state index in [0.29, 0.717) is 33.3 Å². The Hall–Kier alpha value is -1.85. The van der Waals surface area contributed by atoms with Crippen molar-refractivity contribution in [2.24, 2.45) is 0 Å². The molecule has 1 unspecified atom stereocenters. The number of ether oxygens (including phenoxy) is 2. The second-order valence-electron chi connectivity index (χ2n) is 5.47. The minimum atomic E-state index is -3.52. The fourth-order valence-electron chi connectivity index (χ4n) is 2.49. The van der Waals surface area contributed by atoms with Gasteiger partial charge in [-0.1, -0.05) is 18.2 Å². The molecule has 1 fully saturated rings. The molecule has 1 aliphatic heterocycles. The summed E-state index contributed by atoms with van der Waals surface area (Å²) in [6, 6.07) is 12.0. The van der Waals surface area contributed by atoms with Gasteiger partial charge in [-0.05, 0) is 49.2 Å². The van der Waals surface area contributed by atoms with E-state index in [1.54, 1.807) is 56.3 Å². The van der Waals surface area contributed by atoms with Crippen molar-refractivity contribution in [3.63, 3.8) is 0 Å². The van der Waals surface area contributed by atoms with E-state index in [1.807, 2.05) is 0 Å². The predicted molar refractivity (Wildman–Crippen MR) is 83.0 cm³/mol. The first-order valence-electron chi connectivity index (χ1n) is 7.14. The summed E-state index contributed by atoms with van der Waals surface area (Å²) >= 11 is 0. The minimum absolute atomic E-state index is 0.174. The van der Waals surface area contributed by atoms with Crippen LogP contribution in [-0.2, 0) is 14.6 Å². The lowest BCUT2D eigenvalue weighted by molar-refractivity contribution is 0.262. The predicted octanol–water partition coefficient (Wildman–Crippen LogP) is 2.91. The molecule has 116 valence electrons. The smallest absolute Gasteiger partial charge is 0.207 e. The lowest BCUT2D eigenvalue weighted by Gasteiger charge is -2.14. The Morgan fingerprint density at radius 3 is 2.27 bits per heavy atom. The van der Waals surface area contributed by atoms with Gasteiger partial charge in [0.25, 0.3) is 0 Å². The largest absolute Gasteiger partial charge is 0.491 e. The van der Waals surface area contributed by atoms with Crippen LogP contribution in [0.2, 0.25) is 0 Å². The Balaban J connectivity index is 1.96. The molecule has 0 amide bonds. The normalized spacial score (nSPS) is 17.3. The average molecular weight is 318 g/mol. The topological polar surface area (TPSA) is 55.9 Å². The van der Waals surface area contributed by atoms with Crippen LogP contribution >= 0.6 is 0 Å². The molecule has 0 N–H and O–H groups in total. The van der Waals surface area contributed by atoms with Gasteiger partial charge in [-0.3, -0.25) is 0 Å². The average Bonchev–Trinajstić information content (AvgIpc) is 3.29. The lowest BCUT2D eigenvalue weighted by atomic mass is 10.1. The minimum Gasteiger partial charge on any atom is -0.491 e. The van der Waals surface area contributed by atoms with Crippen molar-refractivity contribution in [1.82, 2.24) is 0 Å². The lowest BCUT2D eigenvalue weighted by Crippen LogP contribution is -2.08. The van der Waals surface area contributed by atoms with Gasteiger partial charge in [0.1, 0.15) is 18.5 Å². The molecule has 1 saturated heterocycles. The maximum Gasteiger partial charge on any atom is 0.207 e. The zero-order valence-corrected chi connectivity index (χ0v) is 13.4. The van der Waals surface area contributed by atoms with Crippen molar-refractivity contribution in [1.29, 1.82) is 0 Å². The maximum atomic E-state index is 12.8. The Labute approximate surface area is 130 Å². The molecule has 0 aliphatic carbocycles. The summed E-state index contributed by atoms with van der Waals surface area (Å²) in [7, 11) is -3.52. The summed E-state index contributed by atoms with van der Waals surface area (Å²) in [5, 5.41) is 0. The van der Waals surface area contributed by atoms with Gasteiger partial charge in [-0.15, -0.1) is 0 Å². The summed E-state index contributed by atoms with van der Waals surface area (Å²) in [6.45, 7) is 4.83. The molecule has 2 aromatic rings. The summed E-state index contributed by atoms with van der Waals surface area (Å²) < 4.78 is 36.4. The quantitative estimate of drug-likeness (QED) is 0.795. The Morgan fingerprint density at radius 1 is 1.14 bits per heavy atom. The number of hydrogen-bond acceptors (Lipinski definition) is 4. The number of benzene rings is 2. The van der Waals surface area contributed by atoms with Gasteiger partial charge in [0, 0.05) is 0 Å². The third-order valence-electron chi connectivity index (χ3n) is 3.59. The van der Waals surface area contributed by atoms with Crippen LogP contribution in [-0.4, -0.2) is 27.7 Å². The molecule has 4 nitrogen and oxygen atoms in total. The molecule has 1 heterocycles. The second-order valence-corrected chi connectivity index (χ2v) is 7.36. The zero-order chi connectivity index (χ0) is 15.7. The molecule has 1 aliphatic rings. The molecular formula is C17H18O4S. The van der Waals surface area contributed by atoms with Crippen LogP contribution in [0.15, 0.2) is 52.3 Å². The van der Waals surface area contributed by atoms with Crippen molar-refractivity contribution >= 4 is 9.84 Å². The van der Waals surface area contributed by atoms with Gasteiger partial charge in [-0.25, -0.2) is 8.42 Å². The molecule has 0 saturated carbocycles. The number of sulfone groups is 1. The third-order valence-corrected chi connectivity index (χ3v) is 5.67. The molecule has 0 radical (unpaired) electrons. The summed E-state index contributed by atoms with van der Waals surface area (Å²) in [5.41, 5.74) is 1.38. The highest BCUT2D eigenvalue weighted by Gasteiger charge is 2.25. The molecule has 5 heteroatoms. The van der Waals surface area contributed by atoms with Gasteiger partial charge in [-0.2, -0.15) is 0 Å². The second kappa shape index (κ2) is 5.74. The van der Waals surface area contributed by atoms with E-state index in [0.717, 1.165) is 6.61 Å². The fraction of sp³-hybridized carbons (Fsp3) is 0.294. The van der Waals surface area contributed by atoms with E-state index in [-0.39, 0.29) is 6.10 Å². The van der Waals surface area contributed by atoms with Crippen LogP contribution in [0, 0.1) is 13.8 Å². The van der Waals surface area contributed by atoms with Crippen LogP contribution in [0.5, 0.6) is 5.75 Å². The van der Waals surface area contributed by atoms with Crippen LogP contribution in [0.1, 0.15) is 11.1 Å². The van der Waals surface area contributed by atoms with Crippen molar-refractivity contribution in [3.8, 4) is 5.75 Å². The van der Waals surface area contributed by atoms with Gasteiger partial charge in [0.05, 0.1) is 16.4 Å². The van der Waals surface area contributed by atoms with Crippen LogP contribution < -0.4 is 4.74 Å². The molecule has 1 atom stereocenters.